The molecular weight excluding hydrogens is 265 g/mol. The first kappa shape index (κ1) is 15.0. The maximum Gasteiger partial charge on any atom is 0.423 e. The van der Waals surface area contributed by atoms with E-state index in [0.717, 1.165) is 6.20 Å². The van der Waals surface area contributed by atoms with E-state index in [1.54, 1.807) is 18.9 Å². The van der Waals surface area contributed by atoms with Crippen LogP contribution in [0.3, 0.4) is 0 Å². The molecule has 0 fully saturated rings. The van der Waals surface area contributed by atoms with E-state index in [-0.39, 0.29) is 6.61 Å². The monoisotopic (exact) mass is 278 g/mol. The van der Waals surface area contributed by atoms with Crippen LogP contribution in [0.25, 0.3) is 0 Å². The Bertz CT molecular complexity index is 498. The number of hydrogen-bond acceptors (Lipinski definition) is 5. The van der Waals surface area contributed by atoms with Crippen molar-refractivity contribution in [2.24, 2.45) is 5.16 Å². The Morgan fingerprint density at radius 2 is 2.32 bits per heavy atom. The van der Waals surface area contributed by atoms with Crippen LogP contribution in [0.5, 0.6) is 0 Å². The van der Waals surface area contributed by atoms with E-state index in [4.69, 9.17) is 4.84 Å². The second-order valence-electron chi connectivity index (χ2n) is 3.69. The van der Waals surface area contributed by atoms with Crippen molar-refractivity contribution in [3.63, 3.8) is 0 Å². The zero-order chi connectivity index (χ0) is 14.5. The maximum atomic E-state index is 12.7. The smallest absolute Gasteiger partial charge is 0.394 e. The second kappa shape index (κ2) is 6.21. The van der Waals surface area contributed by atoms with Gasteiger partial charge in [0.15, 0.2) is 0 Å². The lowest BCUT2D eigenvalue weighted by Gasteiger charge is -2.17. The number of hydrogen-bond donors (Lipinski definition) is 2. The predicted octanol–water partition coefficient (Wildman–Crippen LogP) is 1.61. The Kier molecular flexibility index (Phi) is 4.90. The summed E-state index contributed by atoms with van der Waals surface area (Å²) >= 11 is 0. The van der Waals surface area contributed by atoms with Gasteiger partial charge in [0.25, 0.3) is 5.56 Å². The number of nitrogens with zero attached hydrogens (tertiary/aromatic N) is 2. The molecular formula is C10H13F3N4O2. The fraction of sp³-hybridized carbons (Fsp3) is 0.500. The number of aromatic nitrogens is 2. The van der Waals surface area contributed by atoms with Gasteiger partial charge < -0.3 is 10.2 Å². The number of nitrogens with one attached hydrogen (secondary N) is 2. The molecule has 106 valence electrons. The summed E-state index contributed by atoms with van der Waals surface area (Å²) in [4.78, 5) is 16.0. The quantitative estimate of drug-likeness (QED) is 0.633. The molecule has 9 heteroatoms. The largest absolute Gasteiger partial charge is 0.423 e. The van der Waals surface area contributed by atoms with Gasteiger partial charge in [-0.25, -0.2) is 5.10 Å². The average molecular weight is 278 g/mol. The number of rotatable bonds is 5. The van der Waals surface area contributed by atoms with E-state index in [0.29, 0.717) is 0 Å². The van der Waals surface area contributed by atoms with Crippen molar-refractivity contribution in [2.75, 3.05) is 11.9 Å². The lowest BCUT2D eigenvalue weighted by atomic mass is 10.2. The van der Waals surface area contributed by atoms with E-state index >= 15 is 0 Å². The normalized spacial score (nSPS) is 13.5. The molecule has 0 radical (unpaired) electrons. The van der Waals surface area contributed by atoms with Crippen LogP contribution in [0.15, 0.2) is 16.1 Å². The molecule has 0 bridgehead atoms. The van der Waals surface area contributed by atoms with E-state index in [9.17, 15) is 18.0 Å². The Balaban J connectivity index is 2.90. The molecule has 1 aromatic rings. The molecule has 0 saturated heterocycles. The highest BCUT2D eigenvalue weighted by molar-refractivity contribution is 5.52. The number of alkyl halides is 3. The summed E-state index contributed by atoms with van der Waals surface area (Å²) in [6, 6.07) is -0.478. The van der Waals surface area contributed by atoms with Crippen molar-refractivity contribution >= 4 is 11.9 Å². The minimum absolute atomic E-state index is 0.0500. The van der Waals surface area contributed by atoms with Gasteiger partial charge in [0, 0.05) is 6.21 Å². The standard InChI is InChI=1S/C10H13F3N4O2/c1-3-15-19-5-6(2)16-7-4-14-17-9(18)8(7)10(11,12)13/h3-4,6H,5H2,1-2H3,(H2,16,17,18). The van der Waals surface area contributed by atoms with Crippen LogP contribution in [0.1, 0.15) is 19.4 Å². The SMILES string of the molecule is CC=NOCC(C)Nc1cn[nH]c(=O)c1C(F)(F)F. The number of anilines is 1. The molecule has 1 heterocycles. The van der Waals surface area contributed by atoms with Crippen molar-refractivity contribution in [3.05, 3.63) is 22.1 Å². The van der Waals surface area contributed by atoms with Crippen LogP contribution >= 0.6 is 0 Å². The zero-order valence-corrected chi connectivity index (χ0v) is 10.3. The zero-order valence-electron chi connectivity index (χ0n) is 10.3. The summed E-state index contributed by atoms with van der Waals surface area (Å²) in [5.74, 6) is 0. The Hall–Kier alpha value is -2.06. The first-order valence-corrected chi connectivity index (χ1v) is 5.37. The van der Waals surface area contributed by atoms with Crippen molar-refractivity contribution < 1.29 is 18.0 Å². The lowest BCUT2D eigenvalue weighted by molar-refractivity contribution is -0.138. The molecule has 0 saturated carbocycles. The molecule has 6 nitrogen and oxygen atoms in total. The van der Waals surface area contributed by atoms with Crippen LogP contribution in [0.2, 0.25) is 0 Å². The van der Waals surface area contributed by atoms with Gasteiger partial charge in [-0.2, -0.15) is 18.3 Å². The van der Waals surface area contributed by atoms with Crippen molar-refractivity contribution in [2.45, 2.75) is 26.1 Å². The van der Waals surface area contributed by atoms with E-state index in [1.807, 2.05) is 0 Å². The Morgan fingerprint density at radius 1 is 1.63 bits per heavy atom. The molecule has 0 amide bonds. The van der Waals surface area contributed by atoms with Gasteiger partial charge in [-0.15, -0.1) is 0 Å². The Morgan fingerprint density at radius 3 is 2.89 bits per heavy atom. The first-order chi connectivity index (χ1) is 8.86. The average Bonchev–Trinajstić information content (AvgIpc) is 2.27. The fourth-order valence-electron chi connectivity index (χ4n) is 1.33. The van der Waals surface area contributed by atoms with Crippen LogP contribution in [-0.2, 0) is 11.0 Å². The highest BCUT2D eigenvalue weighted by Gasteiger charge is 2.37. The van der Waals surface area contributed by atoms with Gasteiger partial charge in [-0.05, 0) is 13.8 Å². The molecule has 0 aromatic carbocycles. The van der Waals surface area contributed by atoms with Crippen LogP contribution in [-0.4, -0.2) is 29.1 Å². The van der Waals surface area contributed by atoms with E-state index < -0.39 is 29.0 Å². The molecule has 1 unspecified atom stereocenters. The van der Waals surface area contributed by atoms with Gasteiger partial charge in [0.2, 0.25) is 0 Å². The lowest BCUT2D eigenvalue weighted by Crippen LogP contribution is -2.28. The molecule has 0 spiro atoms. The molecule has 0 aliphatic rings. The van der Waals surface area contributed by atoms with Gasteiger partial charge in [-0.3, -0.25) is 4.79 Å². The van der Waals surface area contributed by atoms with Gasteiger partial charge in [0.1, 0.15) is 12.2 Å². The third-order valence-corrected chi connectivity index (χ3v) is 2.05. The van der Waals surface area contributed by atoms with Crippen molar-refractivity contribution in [3.8, 4) is 0 Å². The molecule has 0 aliphatic heterocycles. The molecule has 1 atom stereocenters. The number of oxime groups is 1. The fourth-order valence-corrected chi connectivity index (χ4v) is 1.33. The summed E-state index contributed by atoms with van der Waals surface area (Å²) in [6.07, 6.45) is -2.45. The second-order valence-corrected chi connectivity index (χ2v) is 3.69. The Labute approximate surface area is 106 Å². The third-order valence-electron chi connectivity index (χ3n) is 2.05. The minimum atomic E-state index is -4.76. The van der Waals surface area contributed by atoms with Crippen LogP contribution in [0.4, 0.5) is 18.9 Å². The highest BCUT2D eigenvalue weighted by Crippen LogP contribution is 2.31. The van der Waals surface area contributed by atoms with Crippen molar-refractivity contribution in [1.82, 2.24) is 10.2 Å². The van der Waals surface area contributed by atoms with Crippen molar-refractivity contribution in [1.29, 1.82) is 0 Å². The topological polar surface area (TPSA) is 79.4 Å². The summed E-state index contributed by atoms with van der Waals surface area (Å²) < 4.78 is 38.2. The molecule has 2 N–H and O–H groups in total. The van der Waals surface area contributed by atoms with Gasteiger partial charge in [0.05, 0.1) is 17.9 Å². The maximum absolute atomic E-state index is 12.7. The molecule has 1 rings (SSSR count). The number of halogens is 3. The summed E-state index contributed by atoms with van der Waals surface area (Å²) in [6.45, 7) is 3.28. The summed E-state index contributed by atoms with van der Waals surface area (Å²) in [7, 11) is 0. The third kappa shape index (κ3) is 4.27. The molecule has 1 aromatic heterocycles. The molecule has 19 heavy (non-hydrogen) atoms. The summed E-state index contributed by atoms with van der Waals surface area (Å²) in [5.41, 5.74) is -3.00. The van der Waals surface area contributed by atoms with Gasteiger partial charge in [-0.1, -0.05) is 5.16 Å². The van der Waals surface area contributed by atoms with Crippen LogP contribution in [0, 0.1) is 0 Å². The summed E-state index contributed by atoms with van der Waals surface area (Å²) in [5, 5.41) is 11.1. The number of H-pyrrole nitrogens is 1. The highest BCUT2D eigenvalue weighted by atomic mass is 19.4. The van der Waals surface area contributed by atoms with E-state index in [2.05, 4.69) is 15.6 Å². The van der Waals surface area contributed by atoms with Gasteiger partial charge >= 0.3 is 6.18 Å². The minimum Gasteiger partial charge on any atom is -0.394 e. The first-order valence-electron chi connectivity index (χ1n) is 5.37. The van der Waals surface area contributed by atoms with Crippen LogP contribution < -0.4 is 10.9 Å². The number of aromatic amines is 1. The van der Waals surface area contributed by atoms with E-state index in [1.165, 1.54) is 6.21 Å². The molecule has 0 aliphatic carbocycles. The predicted molar refractivity (Wildman–Crippen MR) is 63.1 cm³/mol.